The molecule has 0 bridgehead atoms. The van der Waals surface area contributed by atoms with E-state index in [1.165, 1.54) is 19.8 Å². The van der Waals surface area contributed by atoms with E-state index in [9.17, 15) is 9.18 Å². The maximum atomic E-state index is 12.5. The zero-order valence-electron chi connectivity index (χ0n) is 10.2. The lowest BCUT2D eigenvalue weighted by Crippen LogP contribution is -2.39. The van der Waals surface area contributed by atoms with Gasteiger partial charge in [0, 0.05) is 6.92 Å². The molecule has 0 heterocycles. The minimum atomic E-state index is -0.567. The monoisotopic (exact) mass is 231 g/mol. The summed E-state index contributed by atoms with van der Waals surface area (Å²) in [5.74, 6) is 0.579. The molecule has 1 aliphatic carbocycles. The Balaban J connectivity index is 2.19. The first-order valence-corrected chi connectivity index (χ1v) is 6.06. The number of hydrogen-bond acceptors (Lipinski definition) is 2. The third kappa shape index (κ3) is 4.92. The average molecular weight is 231 g/mol. The number of alkyl halides is 1. The van der Waals surface area contributed by atoms with Crippen molar-refractivity contribution in [2.45, 2.75) is 51.7 Å². The molecule has 0 aromatic rings. The number of halogens is 1. The molecule has 1 aliphatic rings. The Kier molecular flexibility index (Phi) is 5.74. The quantitative estimate of drug-likeness (QED) is 0.786. The van der Waals surface area contributed by atoms with Crippen LogP contribution in [0, 0.1) is 5.92 Å². The van der Waals surface area contributed by atoms with Gasteiger partial charge in [0.2, 0.25) is 5.91 Å². The van der Waals surface area contributed by atoms with Gasteiger partial charge in [0.25, 0.3) is 0 Å². The highest BCUT2D eigenvalue weighted by Crippen LogP contribution is 2.25. The third-order valence-electron chi connectivity index (χ3n) is 3.09. The first kappa shape index (κ1) is 13.4. The van der Waals surface area contributed by atoms with Crippen molar-refractivity contribution in [3.63, 3.8) is 0 Å². The molecule has 1 saturated carbocycles. The average Bonchev–Trinajstić information content (AvgIpc) is 2.26. The number of carbonyl (C=O) groups is 1. The normalized spacial score (nSPS) is 27.4. The Bertz CT molecular complexity index is 215. The van der Waals surface area contributed by atoms with Crippen LogP contribution < -0.4 is 5.32 Å². The molecule has 16 heavy (non-hydrogen) atoms. The fourth-order valence-corrected chi connectivity index (χ4v) is 2.06. The number of ether oxygens (including phenoxy) is 1. The van der Waals surface area contributed by atoms with E-state index in [-0.39, 0.29) is 18.6 Å². The van der Waals surface area contributed by atoms with Crippen LogP contribution in [0.15, 0.2) is 0 Å². The van der Waals surface area contributed by atoms with Crippen LogP contribution in [-0.4, -0.2) is 31.3 Å². The van der Waals surface area contributed by atoms with Crippen LogP contribution in [0.1, 0.15) is 39.5 Å². The van der Waals surface area contributed by atoms with Crippen LogP contribution in [-0.2, 0) is 9.53 Å². The van der Waals surface area contributed by atoms with E-state index in [2.05, 4.69) is 12.2 Å². The highest BCUT2D eigenvalue weighted by molar-refractivity contribution is 5.73. The smallest absolute Gasteiger partial charge is 0.217 e. The number of rotatable bonds is 5. The van der Waals surface area contributed by atoms with E-state index in [0.717, 1.165) is 18.8 Å². The maximum Gasteiger partial charge on any atom is 0.217 e. The molecule has 94 valence electrons. The number of carbonyl (C=O) groups excluding carboxylic acids is 1. The minimum absolute atomic E-state index is 0.205. The summed E-state index contributed by atoms with van der Waals surface area (Å²) in [6.07, 6.45) is 4.73. The van der Waals surface area contributed by atoms with Crippen molar-refractivity contribution < 1.29 is 13.9 Å². The van der Waals surface area contributed by atoms with Crippen LogP contribution in [0.5, 0.6) is 0 Å². The van der Waals surface area contributed by atoms with Gasteiger partial charge in [-0.3, -0.25) is 4.79 Å². The van der Waals surface area contributed by atoms with Crippen molar-refractivity contribution in [2.75, 3.05) is 13.3 Å². The van der Waals surface area contributed by atoms with E-state index >= 15 is 0 Å². The minimum Gasteiger partial charge on any atom is -0.376 e. The number of hydrogen-bond donors (Lipinski definition) is 1. The SMILES string of the molecule is CC(=O)N[C@@H](CF)CO[C@H]1CC[C@H](C)CC1. The van der Waals surface area contributed by atoms with Crippen molar-refractivity contribution in [2.24, 2.45) is 5.92 Å². The topological polar surface area (TPSA) is 38.3 Å². The Morgan fingerprint density at radius 3 is 2.56 bits per heavy atom. The van der Waals surface area contributed by atoms with E-state index in [1.54, 1.807) is 0 Å². The van der Waals surface area contributed by atoms with Gasteiger partial charge in [-0.05, 0) is 31.6 Å². The molecule has 0 unspecified atom stereocenters. The van der Waals surface area contributed by atoms with Crippen LogP contribution in [0.4, 0.5) is 4.39 Å². The lowest BCUT2D eigenvalue weighted by Gasteiger charge is -2.27. The van der Waals surface area contributed by atoms with Crippen molar-refractivity contribution in [3.8, 4) is 0 Å². The van der Waals surface area contributed by atoms with Crippen LogP contribution >= 0.6 is 0 Å². The highest BCUT2D eigenvalue weighted by atomic mass is 19.1. The third-order valence-corrected chi connectivity index (χ3v) is 3.09. The molecule has 1 rings (SSSR count). The molecule has 4 heteroatoms. The summed E-state index contributed by atoms with van der Waals surface area (Å²) in [5.41, 5.74) is 0. The molecule has 0 aliphatic heterocycles. The summed E-state index contributed by atoms with van der Waals surface area (Å²) in [6, 6.07) is -0.489. The first-order valence-electron chi connectivity index (χ1n) is 6.06. The molecular formula is C12H22FNO2. The molecule has 1 fully saturated rings. The maximum absolute atomic E-state index is 12.5. The molecule has 1 N–H and O–H groups in total. The summed E-state index contributed by atoms with van der Waals surface area (Å²) in [7, 11) is 0. The van der Waals surface area contributed by atoms with Gasteiger partial charge in [0.05, 0.1) is 18.8 Å². The van der Waals surface area contributed by atoms with Gasteiger partial charge in [-0.25, -0.2) is 4.39 Å². The molecular weight excluding hydrogens is 209 g/mol. The molecule has 0 saturated heterocycles. The van der Waals surface area contributed by atoms with Crippen molar-refractivity contribution in [1.29, 1.82) is 0 Å². The largest absolute Gasteiger partial charge is 0.376 e. The van der Waals surface area contributed by atoms with Crippen LogP contribution in [0.25, 0.3) is 0 Å². The lowest BCUT2D eigenvalue weighted by molar-refractivity contribution is -0.120. The highest BCUT2D eigenvalue weighted by Gasteiger charge is 2.20. The molecule has 3 nitrogen and oxygen atoms in total. The second-order valence-electron chi connectivity index (χ2n) is 4.77. The van der Waals surface area contributed by atoms with Gasteiger partial charge in [0.1, 0.15) is 6.67 Å². The van der Waals surface area contributed by atoms with Crippen molar-refractivity contribution in [3.05, 3.63) is 0 Å². The summed E-state index contributed by atoms with van der Waals surface area (Å²) in [4.78, 5) is 10.8. The molecule has 0 aromatic heterocycles. The van der Waals surface area contributed by atoms with E-state index < -0.39 is 12.7 Å². The Morgan fingerprint density at radius 1 is 1.44 bits per heavy atom. The van der Waals surface area contributed by atoms with Gasteiger partial charge in [-0.15, -0.1) is 0 Å². The number of amides is 1. The van der Waals surface area contributed by atoms with Gasteiger partial charge in [0.15, 0.2) is 0 Å². The summed E-state index contributed by atoms with van der Waals surface area (Å²) < 4.78 is 18.2. The van der Waals surface area contributed by atoms with E-state index in [0.29, 0.717) is 0 Å². The molecule has 0 radical (unpaired) electrons. The van der Waals surface area contributed by atoms with Gasteiger partial charge in [-0.2, -0.15) is 0 Å². The van der Waals surface area contributed by atoms with E-state index in [4.69, 9.17) is 4.74 Å². The zero-order chi connectivity index (χ0) is 12.0. The Hall–Kier alpha value is -0.640. The predicted molar refractivity (Wildman–Crippen MR) is 61.0 cm³/mol. The van der Waals surface area contributed by atoms with Crippen molar-refractivity contribution in [1.82, 2.24) is 5.32 Å². The first-order chi connectivity index (χ1) is 7.61. The van der Waals surface area contributed by atoms with Gasteiger partial charge >= 0.3 is 0 Å². The molecule has 0 aromatic carbocycles. The standard InChI is InChI=1S/C12H22FNO2/c1-9-3-5-12(6-4-9)16-8-11(7-13)14-10(2)15/h9,11-12H,3-8H2,1-2H3,(H,14,15)/t9-,11-,12-/m0/s1. The fourth-order valence-electron chi connectivity index (χ4n) is 2.06. The zero-order valence-corrected chi connectivity index (χ0v) is 10.2. The summed E-state index contributed by atoms with van der Waals surface area (Å²) >= 11 is 0. The van der Waals surface area contributed by atoms with E-state index in [1.807, 2.05) is 0 Å². The Morgan fingerprint density at radius 2 is 2.06 bits per heavy atom. The second kappa shape index (κ2) is 6.84. The van der Waals surface area contributed by atoms with Crippen LogP contribution in [0.3, 0.4) is 0 Å². The predicted octanol–water partition coefficient (Wildman–Crippen LogP) is 2.06. The molecule has 0 spiro atoms. The number of nitrogens with one attached hydrogen (secondary N) is 1. The summed E-state index contributed by atoms with van der Waals surface area (Å²) in [6.45, 7) is 3.36. The summed E-state index contributed by atoms with van der Waals surface area (Å²) in [5, 5.41) is 2.54. The fraction of sp³-hybridized carbons (Fsp3) is 0.917. The molecule has 1 amide bonds. The second-order valence-corrected chi connectivity index (χ2v) is 4.77. The van der Waals surface area contributed by atoms with Gasteiger partial charge < -0.3 is 10.1 Å². The van der Waals surface area contributed by atoms with Crippen LogP contribution in [0.2, 0.25) is 0 Å². The van der Waals surface area contributed by atoms with Crippen molar-refractivity contribution >= 4 is 5.91 Å². The lowest BCUT2D eigenvalue weighted by atomic mass is 9.89. The Labute approximate surface area is 96.7 Å². The molecule has 1 atom stereocenters. The van der Waals surface area contributed by atoms with Gasteiger partial charge in [-0.1, -0.05) is 6.92 Å².